The molecule has 0 heterocycles. The highest BCUT2D eigenvalue weighted by molar-refractivity contribution is 9.10. The van der Waals surface area contributed by atoms with Gasteiger partial charge in [-0.15, -0.1) is 0 Å². The van der Waals surface area contributed by atoms with Crippen LogP contribution in [0.25, 0.3) is 0 Å². The first-order chi connectivity index (χ1) is 9.11. The molecule has 2 N–H and O–H groups in total. The van der Waals surface area contributed by atoms with Gasteiger partial charge in [-0.2, -0.15) is 0 Å². The predicted molar refractivity (Wildman–Crippen MR) is 85.3 cm³/mol. The zero-order valence-corrected chi connectivity index (χ0v) is 13.1. The van der Waals surface area contributed by atoms with Gasteiger partial charge in [0, 0.05) is 4.47 Å². The van der Waals surface area contributed by atoms with Crippen LogP contribution in [0.15, 0.2) is 46.9 Å². The van der Waals surface area contributed by atoms with Gasteiger partial charge in [0.15, 0.2) is 0 Å². The van der Waals surface area contributed by atoms with E-state index in [4.69, 9.17) is 5.73 Å². The van der Waals surface area contributed by atoms with Crippen LogP contribution in [0.1, 0.15) is 41.6 Å². The SMILES string of the molecule is CCCc1cccc(C(N)c2cc(Br)ccc2C)c1. The fraction of sp³-hybridized carbons (Fsp3) is 0.294. The number of hydrogen-bond acceptors (Lipinski definition) is 1. The Hall–Kier alpha value is -1.12. The lowest BCUT2D eigenvalue weighted by Crippen LogP contribution is -2.13. The summed E-state index contributed by atoms with van der Waals surface area (Å²) in [6.45, 7) is 4.31. The molecule has 2 aromatic rings. The van der Waals surface area contributed by atoms with E-state index in [1.165, 1.54) is 22.3 Å². The Bertz CT molecular complexity index is 563. The van der Waals surface area contributed by atoms with E-state index in [0.717, 1.165) is 17.3 Å². The molecule has 0 amide bonds. The van der Waals surface area contributed by atoms with Crippen molar-refractivity contribution in [2.75, 3.05) is 0 Å². The Morgan fingerprint density at radius 3 is 2.68 bits per heavy atom. The molecule has 0 fully saturated rings. The number of halogens is 1. The summed E-state index contributed by atoms with van der Waals surface area (Å²) in [7, 11) is 0. The molecule has 0 aliphatic carbocycles. The van der Waals surface area contributed by atoms with E-state index in [-0.39, 0.29) is 6.04 Å². The normalized spacial score (nSPS) is 12.4. The van der Waals surface area contributed by atoms with E-state index >= 15 is 0 Å². The molecule has 19 heavy (non-hydrogen) atoms. The molecule has 2 heteroatoms. The van der Waals surface area contributed by atoms with Crippen LogP contribution in [0, 0.1) is 6.92 Å². The maximum Gasteiger partial charge on any atom is 0.0554 e. The van der Waals surface area contributed by atoms with E-state index in [1.807, 2.05) is 0 Å². The maximum atomic E-state index is 6.43. The standard InChI is InChI=1S/C17H20BrN/c1-3-5-13-6-4-7-14(10-13)17(19)16-11-15(18)9-8-12(16)2/h4,6-11,17H,3,5,19H2,1-2H3. The minimum absolute atomic E-state index is 0.0608. The van der Waals surface area contributed by atoms with Gasteiger partial charge in [-0.1, -0.05) is 59.6 Å². The number of nitrogens with two attached hydrogens (primary N) is 1. The largest absolute Gasteiger partial charge is 0.320 e. The summed E-state index contributed by atoms with van der Waals surface area (Å²) in [6.07, 6.45) is 2.27. The summed E-state index contributed by atoms with van der Waals surface area (Å²) in [5.74, 6) is 0. The minimum Gasteiger partial charge on any atom is -0.320 e. The molecule has 1 atom stereocenters. The lowest BCUT2D eigenvalue weighted by atomic mass is 9.94. The number of rotatable bonds is 4. The third-order valence-electron chi connectivity index (χ3n) is 3.43. The third-order valence-corrected chi connectivity index (χ3v) is 3.92. The van der Waals surface area contributed by atoms with Crippen molar-refractivity contribution in [3.63, 3.8) is 0 Å². The topological polar surface area (TPSA) is 26.0 Å². The monoisotopic (exact) mass is 317 g/mol. The molecule has 1 nitrogen and oxygen atoms in total. The van der Waals surface area contributed by atoms with E-state index < -0.39 is 0 Å². The van der Waals surface area contributed by atoms with Gasteiger partial charge in [0.05, 0.1) is 6.04 Å². The van der Waals surface area contributed by atoms with Crippen LogP contribution in [0.5, 0.6) is 0 Å². The molecule has 0 aromatic heterocycles. The molecule has 1 unspecified atom stereocenters. The van der Waals surface area contributed by atoms with Gasteiger partial charge in [0.1, 0.15) is 0 Å². The average Bonchev–Trinajstić information content (AvgIpc) is 2.41. The van der Waals surface area contributed by atoms with Gasteiger partial charge in [-0.3, -0.25) is 0 Å². The Morgan fingerprint density at radius 1 is 1.16 bits per heavy atom. The first-order valence-electron chi connectivity index (χ1n) is 6.72. The van der Waals surface area contributed by atoms with Crippen molar-refractivity contribution in [2.24, 2.45) is 5.73 Å². The van der Waals surface area contributed by atoms with Gasteiger partial charge in [-0.25, -0.2) is 0 Å². The van der Waals surface area contributed by atoms with Gasteiger partial charge in [-0.05, 0) is 47.7 Å². The van der Waals surface area contributed by atoms with E-state index in [9.17, 15) is 0 Å². The van der Waals surface area contributed by atoms with Crippen LogP contribution in [0.2, 0.25) is 0 Å². The van der Waals surface area contributed by atoms with Crippen molar-refractivity contribution in [3.05, 3.63) is 69.2 Å². The molecule has 0 aliphatic heterocycles. The van der Waals surface area contributed by atoms with Crippen LogP contribution >= 0.6 is 15.9 Å². The molecule has 0 bridgehead atoms. The number of aryl methyl sites for hydroxylation is 2. The Kier molecular flexibility index (Phi) is 4.78. The summed E-state index contributed by atoms with van der Waals surface area (Å²) in [4.78, 5) is 0. The first-order valence-corrected chi connectivity index (χ1v) is 7.51. The van der Waals surface area contributed by atoms with Crippen LogP contribution in [-0.4, -0.2) is 0 Å². The lowest BCUT2D eigenvalue weighted by molar-refractivity contribution is 0.850. The highest BCUT2D eigenvalue weighted by atomic mass is 79.9. The Morgan fingerprint density at radius 2 is 1.95 bits per heavy atom. The van der Waals surface area contributed by atoms with E-state index in [2.05, 4.69) is 72.2 Å². The molecule has 0 saturated heterocycles. The van der Waals surface area contributed by atoms with Crippen molar-refractivity contribution >= 4 is 15.9 Å². The maximum absolute atomic E-state index is 6.43. The molecule has 0 aliphatic rings. The molecular weight excluding hydrogens is 298 g/mol. The second-order valence-corrected chi connectivity index (χ2v) is 5.89. The zero-order valence-electron chi connectivity index (χ0n) is 11.5. The summed E-state index contributed by atoms with van der Waals surface area (Å²) in [6, 6.07) is 14.8. The summed E-state index contributed by atoms with van der Waals surface area (Å²) in [5.41, 5.74) is 11.4. The smallest absolute Gasteiger partial charge is 0.0554 e. The zero-order chi connectivity index (χ0) is 13.8. The first kappa shape index (κ1) is 14.3. The molecule has 0 radical (unpaired) electrons. The number of benzene rings is 2. The van der Waals surface area contributed by atoms with E-state index in [1.54, 1.807) is 0 Å². The van der Waals surface area contributed by atoms with Gasteiger partial charge < -0.3 is 5.73 Å². The fourth-order valence-corrected chi connectivity index (χ4v) is 2.74. The van der Waals surface area contributed by atoms with Gasteiger partial charge >= 0.3 is 0 Å². The fourth-order valence-electron chi connectivity index (χ4n) is 2.36. The third kappa shape index (κ3) is 3.46. The van der Waals surface area contributed by atoms with Crippen LogP contribution < -0.4 is 5.73 Å². The second-order valence-electron chi connectivity index (χ2n) is 4.97. The summed E-state index contributed by atoms with van der Waals surface area (Å²) >= 11 is 3.52. The Balaban J connectivity index is 2.35. The molecule has 0 saturated carbocycles. The molecule has 2 rings (SSSR count). The van der Waals surface area contributed by atoms with Crippen LogP contribution in [0.4, 0.5) is 0 Å². The van der Waals surface area contributed by atoms with Gasteiger partial charge in [0.2, 0.25) is 0 Å². The van der Waals surface area contributed by atoms with Crippen LogP contribution in [-0.2, 0) is 6.42 Å². The minimum atomic E-state index is -0.0608. The van der Waals surface area contributed by atoms with Crippen LogP contribution in [0.3, 0.4) is 0 Å². The van der Waals surface area contributed by atoms with Gasteiger partial charge in [0.25, 0.3) is 0 Å². The van der Waals surface area contributed by atoms with E-state index in [0.29, 0.717) is 0 Å². The highest BCUT2D eigenvalue weighted by Crippen LogP contribution is 2.26. The lowest BCUT2D eigenvalue weighted by Gasteiger charge is -2.16. The summed E-state index contributed by atoms with van der Waals surface area (Å²) in [5, 5.41) is 0. The average molecular weight is 318 g/mol. The molecule has 100 valence electrons. The second kappa shape index (κ2) is 6.36. The highest BCUT2D eigenvalue weighted by Gasteiger charge is 2.12. The predicted octanol–water partition coefficient (Wildman–Crippen LogP) is 4.76. The van der Waals surface area contributed by atoms with Crippen molar-refractivity contribution < 1.29 is 0 Å². The molecular formula is C17H20BrN. The van der Waals surface area contributed by atoms with Crippen molar-refractivity contribution in [3.8, 4) is 0 Å². The Labute approximate surface area is 124 Å². The molecule has 2 aromatic carbocycles. The molecule has 0 spiro atoms. The van der Waals surface area contributed by atoms with Crippen molar-refractivity contribution in [1.82, 2.24) is 0 Å². The number of hydrogen-bond donors (Lipinski definition) is 1. The van der Waals surface area contributed by atoms with Crippen molar-refractivity contribution in [1.29, 1.82) is 0 Å². The quantitative estimate of drug-likeness (QED) is 0.864. The summed E-state index contributed by atoms with van der Waals surface area (Å²) < 4.78 is 1.08. The van der Waals surface area contributed by atoms with Crippen molar-refractivity contribution in [2.45, 2.75) is 32.7 Å².